The summed E-state index contributed by atoms with van der Waals surface area (Å²) >= 11 is 0. The molecule has 0 aromatic rings. The van der Waals surface area contributed by atoms with Crippen molar-refractivity contribution < 1.29 is 4.79 Å². The van der Waals surface area contributed by atoms with Crippen molar-refractivity contribution in [2.75, 3.05) is 7.05 Å². The van der Waals surface area contributed by atoms with Crippen molar-refractivity contribution in [1.82, 2.24) is 10.6 Å². The highest BCUT2D eigenvalue weighted by Crippen LogP contribution is 2.29. The Balaban J connectivity index is 2.36. The Labute approximate surface area is 93.0 Å². The van der Waals surface area contributed by atoms with Crippen molar-refractivity contribution in [1.29, 1.82) is 0 Å². The predicted molar refractivity (Wildman–Crippen MR) is 62.6 cm³/mol. The van der Waals surface area contributed by atoms with Crippen LogP contribution in [0.5, 0.6) is 0 Å². The Morgan fingerprint density at radius 2 is 1.93 bits per heavy atom. The van der Waals surface area contributed by atoms with Gasteiger partial charge in [-0.25, -0.2) is 0 Å². The lowest BCUT2D eigenvalue weighted by molar-refractivity contribution is -0.122. The predicted octanol–water partition coefficient (Wildman–Crippen LogP) is 1.54. The lowest BCUT2D eigenvalue weighted by Crippen LogP contribution is -2.47. The average Bonchev–Trinajstić information content (AvgIpc) is 2.22. The van der Waals surface area contributed by atoms with E-state index in [1.807, 2.05) is 6.92 Å². The van der Waals surface area contributed by atoms with Gasteiger partial charge in [-0.2, -0.15) is 0 Å². The van der Waals surface area contributed by atoms with Crippen molar-refractivity contribution in [3.63, 3.8) is 0 Å². The van der Waals surface area contributed by atoms with Gasteiger partial charge in [0.1, 0.15) is 0 Å². The lowest BCUT2D eigenvalue weighted by atomic mass is 9.79. The van der Waals surface area contributed by atoms with E-state index in [1.165, 1.54) is 19.3 Å². The highest BCUT2D eigenvalue weighted by atomic mass is 16.2. The molecule has 0 aromatic carbocycles. The van der Waals surface area contributed by atoms with Gasteiger partial charge in [0.05, 0.1) is 6.04 Å². The molecule has 1 saturated carbocycles. The summed E-state index contributed by atoms with van der Waals surface area (Å²) in [5, 5.41) is 6.08. The minimum atomic E-state index is -0.0689. The third-order valence-corrected chi connectivity index (χ3v) is 3.72. The maximum atomic E-state index is 11.4. The number of hydrogen-bond acceptors (Lipinski definition) is 2. The number of carbonyl (C=O) groups is 1. The fourth-order valence-corrected chi connectivity index (χ4v) is 2.34. The van der Waals surface area contributed by atoms with E-state index in [0.717, 1.165) is 11.8 Å². The summed E-state index contributed by atoms with van der Waals surface area (Å²) in [4.78, 5) is 11.4. The zero-order valence-electron chi connectivity index (χ0n) is 10.3. The maximum Gasteiger partial charge on any atom is 0.236 e. The molecule has 1 rings (SSSR count). The van der Waals surface area contributed by atoms with Crippen molar-refractivity contribution in [2.45, 2.75) is 52.1 Å². The van der Waals surface area contributed by atoms with E-state index in [4.69, 9.17) is 0 Å². The largest absolute Gasteiger partial charge is 0.358 e. The summed E-state index contributed by atoms with van der Waals surface area (Å²) in [5.74, 6) is 1.69. The first kappa shape index (κ1) is 12.5. The molecule has 0 unspecified atom stereocenters. The maximum absolute atomic E-state index is 11.4. The molecule has 0 aliphatic heterocycles. The van der Waals surface area contributed by atoms with Gasteiger partial charge in [-0.05, 0) is 38.0 Å². The van der Waals surface area contributed by atoms with Crippen LogP contribution in [0.1, 0.15) is 40.0 Å². The van der Waals surface area contributed by atoms with Gasteiger partial charge < -0.3 is 10.6 Å². The number of nitrogens with one attached hydrogen (secondary N) is 2. The molecule has 4 atom stereocenters. The first-order valence-electron chi connectivity index (χ1n) is 6.02. The van der Waals surface area contributed by atoms with E-state index in [0.29, 0.717) is 6.04 Å². The van der Waals surface area contributed by atoms with Crippen LogP contribution >= 0.6 is 0 Å². The number of amides is 1. The van der Waals surface area contributed by atoms with Crippen LogP contribution in [0, 0.1) is 11.8 Å². The van der Waals surface area contributed by atoms with Crippen molar-refractivity contribution >= 4 is 5.91 Å². The molecule has 0 bridgehead atoms. The van der Waals surface area contributed by atoms with E-state index >= 15 is 0 Å². The van der Waals surface area contributed by atoms with Crippen LogP contribution in [0.15, 0.2) is 0 Å². The second-order valence-corrected chi connectivity index (χ2v) is 4.97. The van der Waals surface area contributed by atoms with Gasteiger partial charge in [-0.1, -0.05) is 13.8 Å². The SMILES string of the molecule is CNC(=O)[C@@H](C)N[C@H]1CC[C@H](C)[C@@H](C)C1. The molecule has 1 amide bonds. The van der Waals surface area contributed by atoms with Gasteiger partial charge in [0.25, 0.3) is 0 Å². The Bertz CT molecular complexity index is 218. The molecule has 0 aromatic heterocycles. The molecule has 1 fully saturated rings. The summed E-state index contributed by atoms with van der Waals surface area (Å²) in [7, 11) is 1.69. The van der Waals surface area contributed by atoms with E-state index in [-0.39, 0.29) is 11.9 Å². The summed E-state index contributed by atoms with van der Waals surface area (Å²) in [5.41, 5.74) is 0. The van der Waals surface area contributed by atoms with E-state index < -0.39 is 0 Å². The highest BCUT2D eigenvalue weighted by Gasteiger charge is 2.26. The van der Waals surface area contributed by atoms with Gasteiger partial charge >= 0.3 is 0 Å². The molecule has 0 saturated heterocycles. The van der Waals surface area contributed by atoms with Crippen LogP contribution in [-0.4, -0.2) is 25.0 Å². The van der Waals surface area contributed by atoms with Crippen LogP contribution in [0.3, 0.4) is 0 Å². The molecule has 1 aliphatic rings. The molecule has 1 aliphatic carbocycles. The minimum Gasteiger partial charge on any atom is -0.358 e. The Morgan fingerprint density at radius 1 is 1.27 bits per heavy atom. The van der Waals surface area contributed by atoms with Crippen LogP contribution in [0.2, 0.25) is 0 Å². The van der Waals surface area contributed by atoms with E-state index in [1.54, 1.807) is 7.05 Å². The molecule has 0 radical (unpaired) electrons. The molecule has 3 heteroatoms. The zero-order chi connectivity index (χ0) is 11.4. The molecular formula is C12H24N2O. The number of hydrogen-bond donors (Lipinski definition) is 2. The summed E-state index contributed by atoms with van der Waals surface area (Å²) < 4.78 is 0. The minimum absolute atomic E-state index is 0.0689. The van der Waals surface area contributed by atoms with Crippen molar-refractivity contribution in [3.8, 4) is 0 Å². The van der Waals surface area contributed by atoms with Gasteiger partial charge in [0, 0.05) is 13.1 Å². The highest BCUT2D eigenvalue weighted by molar-refractivity contribution is 5.80. The molecule has 0 heterocycles. The number of carbonyl (C=O) groups excluding carboxylic acids is 1. The Hall–Kier alpha value is -0.570. The van der Waals surface area contributed by atoms with Gasteiger partial charge in [0.2, 0.25) is 5.91 Å². The second-order valence-electron chi connectivity index (χ2n) is 4.97. The number of likely N-dealkylation sites (N-methyl/N-ethyl adjacent to an activating group) is 1. The zero-order valence-corrected chi connectivity index (χ0v) is 10.3. The van der Waals surface area contributed by atoms with Crippen LogP contribution in [-0.2, 0) is 4.79 Å². The van der Waals surface area contributed by atoms with Crippen LogP contribution in [0.25, 0.3) is 0 Å². The molecule has 0 spiro atoms. The van der Waals surface area contributed by atoms with Crippen LogP contribution < -0.4 is 10.6 Å². The topological polar surface area (TPSA) is 41.1 Å². The Kier molecular flexibility index (Phi) is 4.58. The standard InChI is InChI=1S/C12H24N2O/c1-8-5-6-11(7-9(8)2)14-10(3)12(15)13-4/h8-11,14H,5-7H2,1-4H3,(H,13,15)/t8-,9-,10+,11-/m0/s1. The second kappa shape index (κ2) is 5.50. The van der Waals surface area contributed by atoms with E-state index in [9.17, 15) is 4.79 Å². The Morgan fingerprint density at radius 3 is 2.47 bits per heavy atom. The molecule has 15 heavy (non-hydrogen) atoms. The first-order chi connectivity index (χ1) is 7.04. The molecule has 3 nitrogen and oxygen atoms in total. The molecule has 2 N–H and O–H groups in total. The quantitative estimate of drug-likeness (QED) is 0.745. The van der Waals surface area contributed by atoms with E-state index in [2.05, 4.69) is 24.5 Å². The normalized spacial score (nSPS) is 33.5. The van der Waals surface area contributed by atoms with Gasteiger partial charge in [0.15, 0.2) is 0 Å². The monoisotopic (exact) mass is 212 g/mol. The number of rotatable bonds is 3. The lowest BCUT2D eigenvalue weighted by Gasteiger charge is -2.33. The van der Waals surface area contributed by atoms with Crippen LogP contribution in [0.4, 0.5) is 0 Å². The average molecular weight is 212 g/mol. The summed E-state index contributed by atoms with van der Waals surface area (Å²) in [6.45, 7) is 6.56. The van der Waals surface area contributed by atoms with Crippen molar-refractivity contribution in [2.24, 2.45) is 11.8 Å². The first-order valence-corrected chi connectivity index (χ1v) is 6.02. The molecular weight excluding hydrogens is 188 g/mol. The summed E-state index contributed by atoms with van der Waals surface area (Å²) in [6, 6.07) is 0.448. The summed E-state index contributed by atoms with van der Waals surface area (Å²) in [6.07, 6.45) is 3.68. The third-order valence-electron chi connectivity index (χ3n) is 3.72. The van der Waals surface area contributed by atoms with Crippen molar-refractivity contribution in [3.05, 3.63) is 0 Å². The smallest absolute Gasteiger partial charge is 0.236 e. The fourth-order valence-electron chi connectivity index (χ4n) is 2.34. The van der Waals surface area contributed by atoms with Gasteiger partial charge in [-0.3, -0.25) is 4.79 Å². The fraction of sp³-hybridized carbons (Fsp3) is 0.917. The van der Waals surface area contributed by atoms with Gasteiger partial charge in [-0.15, -0.1) is 0 Å². The molecule has 88 valence electrons. The third kappa shape index (κ3) is 3.49.